The molecule has 11 heteroatoms. The fourth-order valence-electron chi connectivity index (χ4n) is 2.24. The first-order chi connectivity index (χ1) is 13.3. The lowest BCUT2D eigenvalue weighted by atomic mass is 10.2. The van der Waals surface area contributed by atoms with Gasteiger partial charge < -0.3 is 5.32 Å². The molecular formula is C17H12F3N3O3S2. The molecule has 0 fully saturated rings. The van der Waals surface area contributed by atoms with Crippen LogP contribution < -0.4 is 10.0 Å². The molecule has 0 aliphatic carbocycles. The summed E-state index contributed by atoms with van der Waals surface area (Å²) in [5, 5.41) is 4.04. The molecule has 0 atom stereocenters. The first kappa shape index (κ1) is 19.8. The SMILES string of the molecule is O=C(NCc1ccc(F)c(F)c1)c1ccc(S(=O)(=O)Nc2nccs2)c(F)c1. The van der Waals surface area contributed by atoms with Crippen molar-refractivity contribution in [2.45, 2.75) is 11.4 Å². The molecule has 0 saturated heterocycles. The summed E-state index contributed by atoms with van der Waals surface area (Å²) in [6.07, 6.45) is 1.39. The van der Waals surface area contributed by atoms with Crippen LogP contribution in [0.25, 0.3) is 0 Å². The van der Waals surface area contributed by atoms with Gasteiger partial charge in [-0.2, -0.15) is 0 Å². The molecule has 3 rings (SSSR count). The Morgan fingerprint density at radius 2 is 1.82 bits per heavy atom. The van der Waals surface area contributed by atoms with Gasteiger partial charge in [-0.1, -0.05) is 6.07 Å². The number of halogens is 3. The monoisotopic (exact) mass is 427 g/mol. The van der Waals surface area contributed by atoms with Crippen LogP contribution in [-0.2, 0) is 16.6 Å². The number of amides is 1. The highest BCUT2D eigenvalue weighted by molar-refractivity contribution is 7.93. The van der Waals surface area contributed by atoms with Gasteiger partial charge >= 0.3 is 0 Å². The van der Waals surface area contributed by atoms with E-state index in [1.807, 2.05) is 0 Å². The van der Waals surface area contributed by atoms with E-state index in [1.54, 1.807) is 5.38 Å². The maximum absolute atomic E-state index is 14.3. The summed E-state index contributed by atoms with van der Waals surface area (Å²) < 4.78 is 66.9. The van der Waals surface area contributed by atoms with Gasteiger partial charge in [-0.25, -0.2) is 26.6 Å². The van der Waals surface area contributed by atoms with Crippen molar-refractivity contribution in [1.82, 2.24) is 10.3 Å². The van der Waals surface area contributed by atoms with Crippen molar-refractivity contribution in [2.75, 3.05) is 4.72 Å². The number of aromatic nitrogens is 1. The lowest BCUT2D eigenvalue weighted by Crippen LogP contribution is -2.23. The Balaban J connectivity index is 1.72. The summed E-state index contributed by atoms with van der Waals surface area (Å²) in [5.41, 5.74) is 0.174. The zero-order chi connectivity index (χ0) is 20.3. The predicted molar refractivity (Wildman–Crippen MR) is 96.9 cm³/mol. The molecule has 0 unspecified atom stereocenters. The average molecular weight is 427 g/mol. The van der Waals surface area contributed by atoms with E-state index >= 15 is 0 Å². The van der Waals surface area contributed by atoms with Crippen LogP contribution in [0.15, 0.2) is 52.9 Å². The lowest BCUT2D eigenvalue weighted by Gasteiger charge is -2.09. The highest BCUT2D eigenvalue weighted by atomic mass is 32.2. The summed E-state index contributed by atoms with van der Waals surface area (Å²) in [5.74, 6) is -3.90. The molecule has 28 heavy (non-hydrogen) atoms. The van der Waals surface area contributed by atoms with Crippen molar-refractivity contribution in [2.24, 2.45) is 0 Å². The number of thiazole rings is 1. The van der Waals surface area contributed by atoms with Gasteiger partial charge in [0.05, 0.1) is 0 Å². The van der Waals surface area contributed by atoms with Gasteiger partial charge in [0.1, 0.15) is 10.7 Å². The highest BCUT2D eigenvalue weighted by Crippen LogP contribution is 2.21. The lowest BCUT2D eigenvalue weighted by molar-refractivity contribution is 0.0950. The number of benzene rings is 2. The molecule has 1 amide bonds. The Morgan fingerprint density at radius 1 is 1.04 bits per heavy atom. The minimum Gasteiger partial charge on any atom is -0.348 e. The van der Waals surface area contributed by atoms with Crippen LogP contribution in [0.3, 0.4) is 0 Å². The van der Waals surface area contributed by atoms with Crippen LogP contribution in [0.1, 0.15) is 15.9 Å². The number of carbonyl (C=O) groups excluding carboxylic acids is 1. The van der Waals surface area contributed by atoms with Crippen LogP contribution in [0, 0.1) is 17.5 Å². The van der Waals surface area contributed by atoms with Crippen LogP contribution in [-0.4, -0.2) is 19.3 Å². The summed E-state index contributed by atoms with van der Waals surface area (Å²) >= 11 is 1.03. The first-order valence-electron chi connectivity index (χ1n) is 7.70. The van der Waals surface area contributed by atoms with Crippen molar-refractivity contribution in [1.29, 1.82) is 0 Å². The number of nitrogens with zero attached hydrogens (tertiary/aromatic N) is 1. The molecule has 6 nitrogen and oxygen atoms in total. The smallest absolute Gasteiger partial charge is 0.266 e. The van der Waals surface area contributed by atoms with Crippen molar-refractivity contribution in [3.05, 3.63) is 76.6 Å². The number of nitrogens with one attached hydrogen (secondary N) is 2. The zero-order valence-electron chi connectivity index (χ0n) is 13.9. The molecule has 2 N–H and O–H groups in total. The minimum absolute atomic E-state index is 0.0766. The summed E-state index contributed by atoms with van der Waals surface area (Å²) in [7, 11) is -4.21. The van der Waals surface area contributed by atoms with E-state index in [9.17, 15) is 26.4 Å². The maximum atomic E-state index is 14.3. The van der Waals surface area contributed by atoms with Crippen LogP contribution in [0.5, 0.6) is 0 Å². The van der Waals surface area contributed by atoms with E-state index in [2.05, 4.69) is 15.0 Å². The molecule has 0 radical (unpaired) electrons. The molecule has 0 spiro atoms. The van der Waals surface area contributed by atoms with Crippen molar-refractivity contribution in [3.8, 4) is 0 Å². The van der Waals surface area contributed by atoms with Gasteiger partial charge in [0.2, 0.25) is 0 Å². The van der Waals surface area contributed by atoms with Gasteiger partial charge in [-0.15, -0.1) is 11.3 Å². The number of carbonyl (C=O) groups is 1. The highest BCUT2D eigenvalue weighted by Gasteiger charge is 2.21. The first-order valence-corrected chi connectivity index (χ1v) is 10.1. The third-order valence-electron chi connectivity index (χ3n) is 3.57. The van der Waals surface area contributed by atoms with E-state index in [1.165, 1.54) is 12.3 Å². The van der Waals surface area contributed by atoms with Gasteiger partial charge in [-0.3, -0.25) is 9.52 Å². The topological polar surface area (TPSA) is 88.2 Å². The van der Waals surface area contributed by atoms with E-state index in [0.29, 0.717) is 5.56 Å². The van der Waals surface area contributed by atoms with Crippen molar-refractivity contribution >= 4 is 32.4 Å². The van der Waals surface area contributed by atoms with Crippen molar-refractivity contribution in [3.63, 3.8) is 0 Å². The molecule has 2 aromatic carbocycles. The zero-order valence-corrected chi connectivity index (χ0v) is 15.6. The third-order valence-corrected chi connectivity index (χ3v) is 5.76. The summed E-state index contributed by atoms with van der Waals surface area (Å²) in [6, 6.07) is 6.01. The maximum Gasteiger partial charge on any atom is 0.266 e. The second-order valence-electron chi connectivity index (χ2n) is 5.52. The molecule has 1 heterocycles. The van der Waals surface area contributed by atoms with Crippen LogP contribution >= 0.6 is 11.3 Å². The second kappa shape index (κ2) is 7.98. The number of anilines is 1. The van der Waals surface area contributed by atoms with Gasteiger partial charge in [-0.05, 0) is 35.9 Å². The third kappa shape index (κ3) is 4.49. The summed E-state index contributed by atoms with van der Waals surface area (Å²) in [6.45, 7) is -0.122. The number of hydrogen-bond acceptors (Lipinski definition) is 5. The second-order valence-corrected chi connectivity index (χ2v) is 8.06. The molecule has 0 bridgehead atoms. The fourth-order valence-corrected chi connectivity index (χ4v) is 4.09. The fraction of sp³-hybridized carbons (Fsp3) is 0.0588. The molecule has 0 aliphatic rings. The summed E-state index contributed by atoms with van der Waals surface area (Å²) in [4.78, 5) is 15.2. The minimum atomic E-state index is -4.21. The Hall–Kier alpha value is -2.92. The average Bonchev–Trinajstić information content (AvgIpc) is 3.14. The Kier molecular flexibility index (Phi) is 5.66. The van der Waals surface area contributed by atoms with Crippen molar-refractivity contribution < 1.29 is 26.4 Å². The van der Waals surface area contributed by atoms with E-state index in [-0.39, 0.29) is 17.2 Å². The standard InChI is InChI=1S/C17H12F3N3O3S2/c18-12-3-1-10(7-13(12)19)9-22-16(24)11-2-4-15(14(20)8-11)28(25,26)23-17-21-5-6-27-17/h1-8H,9H2,(H,21,23)(H,22,24). The number of sulfonamides is 1. The quantitative estimate of drug-likeness (QED) is 0.632. The molecule has 1 aromatic heterocycles. The predicted octanol–water partition coefficient (Wildman–Crippen LogP) is 3.29. The van der Waals surface area contributed by atoms with E-state index in [4.69, 9.17) is 0 Å². The Morgan fingerprint density at radius 3 is 2.46 bits per heavy atom. The van der Waals surface area contributed by atoms with E-state index < -0.39 is 38.3 Å². The molecule has 0 aliphatic heterocycles. The largest absolute Gasteiger partial charge is 0.348 e. The Labute approximate surface area is 162 Å². The molecule has 146 valence electrons. The van der Waals surface area contributed by atoms with Gasteiger partial charge in [0.25, 0.3) is 15.9 Å². The number of hydrogen-bond donors (Lipinski definition) is 2. The molecule has 0 saturated carbocycles. The van der Waals surface area contributed by atoms with Gasteiger partial charge in [0.15, 0.2) is 16.8 Å². The van der Waals surface area contributed by atoms with E-state index in [0.717, 1.165) is 41.7 Å². The Bertz CT molecular complexity index is 1120. The molecular weight excluding hydrogens is 415 g/mol. The normalized spacial score (nSPS) is 11.2. The van der Waals surface area contributed by atoms with Crippen LogP contribution in [0.4, 0.5) is 18.3 Å². The van der Waals surface area contributed by atoms with Gasteiger partial charge in [0, 0.05) is 23.7 Å². The van der Waals surface area contributed by atoms with Crippen LogP contribution in [0.2, 0.25) is 0 Å². The number of rotatable bonds is 6. The molecule has 3 aromatic rings.